The lowest BCUT2D eigenvalue weighted by Crippen LogP contribution is -2.43. The smallest absolute Gasteiger partial charge is 0.257 e. The van der Waals surface area contributed by atoms with Crippen LogP contribution in [-0.2, 0) is 14.8 Å². The van der Waals surface area contributed by atoms with Crippen molar-refractivity contribution < 1.29 is 13.2 Å². The third-order valence-electron chi connectivity index (χ3n) is 4.76. The van der Waals surface area contributed by atoms with Crippen molar-refractivity contribution in [2.75, 3.05) is 38.5 Å². The van der Waals surface area contributed by atoms with Gasteiger partial charge in [-0.15, -0.1) is 4.40 Å². The predicted octanol–water partition coefficient (Wildman–Crippen LogP) is -0.838. The Hall–Kier alpha value is -1.67. The van der Waals surface area contributed by atoms with Gasteiger partial charge in [-0.05, 0) is 24.0 Å². The average Bonchev–Trinajstić information content (AvgIpc) is 3.06. The second-order valence-electron chi connectivity index (χ2n) is 6.20. The molecular weight excluding hydrogens is 304 g/mol. The molecule has 2 fully saturated rings. The minimum absolute atomic E-state index is 0.0121. The summed E-state index contributed by atoms with van der Waals surface area (Å²) in [7, 11) is -3.47. The van der Waals surface area contributed by atoms with Crippen LogP contribution in [0.3, 0.4) is 0 Å². The Kier molecular flexibility index (Phi) is 3.12. The highest BCUT2D eigenvalue weighted by Crippen LogP contribution is 2.28. The zero-order valence-electron chi connectivity index (χ0n) is 12.1. The molecule has 7 nitrogen and oxygen atoms in total. The van der Waals surface area contributed by atoms with Gasteiger partial charge >= 0.3 is 0 Å². The summed E-state index contributed by atoms with van der Waals surface area (Å²) in [6, 6.07) is 0. The molecule has 4 aliphatic heterocycles. The number of amides is 1. The fourth-order valence-corrected chi connectivity index (χ4v) is 4.56. The largest absolute Gasteiger partial charge is 0.338 e. The van der Waals surface area contributed by atoms with Crippen LogP contribution in [0.4, 0.5) is 0 Å². The molecule has 1 N–H and O–H groups in total. The lowest BCUT2D eigenvalue weighted by Gasteiger charge is -2.30. The summed E-state index contributed by atoms with van der Waals surface area (Å²) < 4.78 is 27.3. The molecule has 0 spiro atoms. The van der Waals surface area contributed by atoms with Gasteiger partial charge in [0.25, 0.3) is 15.9 Å². The van der Waals surface area contributed by atoms with E-state index >= 15 is 0 Å². The van der Waals surface area contributed by atoms with E-state index in [0.717, 1.165) is 26.2 Å². The maximum absolute atomic E-state index is 12.8. The second-order valence-corrected chi connectivity index (χ2v) is 7.96. The molecule has 4 aliphatic rings. The van der Waals surface area contributed by atoms with Gasteiger partial charge < -0.3 is 15.1 Å². The van der Waals surface area contributed by atoms with Crippen molar-refractivity contribution in [2.45, 2.75) is 0 Å². The highest BCUT2D eigenvalue weighted by Gasteiger charge is 2.40. The first-order chi connectivity index (χ1) is 10.5. The Morgan fingerprint density at radius 3 is 2.73 bits per heavy atom. The standard InChI is InChI=1S/C14H18N4O3S/c19-14(18-8-10-6-15-7-11(10)9-18)12-2-1-3-17-4-5-22(20,21)16-13(12)17/h1-3,10-11,15H,4-9H2/t10-,11+. The van der Waals surface area contributed by atoms with E-state index in [1.165, 1.54) is 0 Å². The number of carbonyl (C=O) groups is 1. The Morgan fingerprint density at radius 1 is 1.27 bits per heavy atom. The number of hydrogen-bond acceptors (Lipinski definition) is 5. The van der Waals surface area contributed by atoms with Crippen LogP contribution in [0.1, 0.15) is 0 Å². The van der Waals surface area contributed by atoms with Gasteiger partial charge in [-0.25, -0.2) is 8.42 Å². The van der Waals surface area contributed by atoms with Crippen molar-refractivity contribution in [3.05, 3.63) is 23.9 Å². The van der Waals surface area contributed by atoms with Gasteiger partial charge in [0, 0.05) is 38.9 Å². The Bertz CT molecular complexity index is 698. The van der Waals surface area contributed by atoms with E-state index in [-0.39, 0.29) is 17.5 Å². The first kappa shape index (κ1) is 14.0. The highest BCUT2D eigenvalue weighted by atomic mass is 32.2. The van der Waals surface area contributed by atoms with Gasteiger partial charge in [-0.1, -0.05) is 0 Å². The van der Waals surface area contributed by atoms with Gasteiger partial charge in [-0.2, -0.15) is 0 Å². The Morgan fingerprint density at radius 2 is 2.00 bits per heavy atom. The van der Waals surface area contributed by atoms with Crippen molar-refractivity contribution in [1.29, 1.82) is 0 Å². The Labute approximate surface area is 129 Å². The normalized spacial score (nSPS) is 32.4. The van der Waals surface area contributed by atoms with Crippen LogP contribution >= 0.6 is 0 Å². The molecule has 0 unspecified atom stereocenters. The number of carbonyl (C=O) groups excluding carboxylic acids is 1. The Balaban J connectivity index is 1.61. The van der Waals surface area contributed by atoms with Crippen molar-refractivity contribution in [3.63, 3.8) is 0 Å². The first-order valence-corrected chi connectivity index (χ1v) is 9.12. The average molecular weight is 322 g/mol. The van der Waals surface area contributed by atoms with Crippen LogP contribution in [0.2, 0.25) is 0 Å². The fraction of sp³-hybridized carbons (Fsp3) is 0.571. The molecule has 2 atom stereocenters. The zero-order valence-corrected chi connectivity index (χ0v) is 12.9. The summed E-state index contributed by atoms with van der Waals surface area (Å²) in [5, 5.41) is 3.34. The quantitative estimate of drug-likeness (QED) is 0.681. The fourth-order valence-electron chi connectivity index (χ4n) is 3.57. The van der Waals surface area contributed by atoms with Crippen molar-refractivity contribution in [3.8, 4) is 0 Å². The maximum atomic E-state index is 12.8. The van der Waals surface area contributed by atoms with E-state index < -0.39 is 10.0 Å². The summed E-state index contributed by atoms with van der Waals surface area (Å²) in [6.45, 7) is 3.72. The molecule has 22 heavy (non-hydrogen) atoms. The predicted molar refractivity (Wildman–Crippen MR) is 81.6 cm³/mol. The molecule has 0 aliphatic carbocycles. The molecule has 118 valence electrons. The zero-order chi connectivity index (χ0) is 15.3. The molecule has 0 aromatic heterocycles. The van der Waals surface area contributed by atoms with Gasteiger partial charge in [0.2, 0.25) is 0 Å². The highest BCUT2D eigenvalue weighted by molar-refractivity contribution is 7.90. The number of nitrogens with zero attached hydrogens (tertiary/aromatic N) is 3. The van der Waals surface area contributed by atoms with E-state index in [2.05, 4.69) is 9.71 Å². The van der Waals surface area contributed by atoms with E-state index in [1.54, 1.807) is 23.3 Å². The molecule has 4 rings (SSSR count). The summed E-state index contributed by atoms with van der Waals surface area (Å²) in [4.78, 5) is 16.4. The molecule has 0 bridgehead atoms. The number of hydrogen-bond donors (Lipinski definition) is 1. The van der Waals surface area contributed by atoms with Crippen LogP contribution < -0.4 is 5.32 Å². The third-order valence-corrected chi connectivity index (χ3v) is 5.91. The number of rotatable bonds is 1. The molecule has 0 radical (unpaired) electrons. The molecule has 0 aromatic carbocycles. The molecule has 0 saturated carbocycles. The number of sulfonamides is 1. The molecule has 8 heteroatoms. The molecule has 4 heterocycles. The van der Waals surface area contributed by atoms with E-state index in [0.29, 0.717) is 24.0 Å². The van der Waals surface area contributed by atoms with Crippen molar-refractivity contribution >= 4 is 21.8 Å². The number of nitrogens with one attached hydrogen (secondary N) is 1. The SMILES string of the molecule is O=C(C1=CC=CN2CCS(=O)(=O)N=C12)N1C[C@H]2CNC[C@H]2C1. The summed E-state index contributed by atoms with van der Waals surface area (Å²) in [5.41, 5.74) is 0.388. The minimum Gasteiger partial charge on any atom is -0.338 e. The summed E-state index contributed by atoms with van der Waals surface area (Å²) >= 11 is 0. The first-order valence-electron chi connectivity index (χ1n) is 7.52. The molecule has 1 amide bonds. The van der Waals surface area contributed by atoms with Crippen LogP contribution in [0, 0.1) is 11.8 Å². The monoisotopic (exact) mass is 322 g/mol. The van der Waals surface area contributed by atoms with Crippen LogP contribution in [0.15, 0.2) is 28.3 Å². The lowest BCUT2D eigenvalue weighted by atomic mass is 10.0. The van der Waals surface area contributed by atoms with Crippen molar-refractivity contribution in [1.82, 2.24) is 15.1 Å². The second kappa shape index (κ2) is 4.92. The summed E-state index contributed by atoms with van der Waals surface area (Å²) in [5.74, 6) is 1.17. The van der Waals surface area contributed by atoms with Crippen LogP contribution in [-0.4, -0.2) is 68.4 Å². The maximum Gasteiger partial charge on any atom is 0.257 e. The number of fused-ring (bicyclic) bond motifs is 2. The van der Waals surface area contributed by atoms with Gasteiger partial charge in [0.05, 0.1) is 11.3 Å². The topological polar surface area (TPSA) is 82.1 Å². The third kappa shape index (κ3) is 2.26. The molecular formula is C14H18N4O3S. The van der Waals surface area contributed by atoms with Crippen LogP contribution in [0.25, 0.3) is 0 Å². The van der Waals surface area contributed by atoms with Gasteiger partial charge in [-0.3, -0.25) is 4.79 Å². The van der Waals surface area contributed by atoms with Crippen LogP contribution in [0.5, 0.6) is 0 Å². The van der Waals surface area contributed by atoms with Crippen molar-refractivity contribution in [2.24, 2.45) is 16.2 Å². The summed E-state index contributed by atoms with van der Waals surface area (Å²) in [6.07, 6.45) is 5.22. The lowest BCUT2D eigenvalue weighted by molar-refractivity contribution is -0.125. The van der Waals surface area contributed by atoms with Gasteiger partial charge in [0.15, 0.2) is 5.84 Å². The van der Waals surface area contributed by atoms with E-state index in [1.807, 2.05) is 4.90 Å². The number of amidine groups is 1. The van der Waals surface area contributed by atoms with Gasteiger partial charge in [0.1, 0.15) is 0 Å². The minimum atomic E-state index is -3.47. The molecule has 2 saturated heterocycles. The molecule has 0 aromatic rings. The number of likely N-dealkylation sites (tertiary alicyclic amines) is 1. The van der Waals surface area contributed by atoms with E-state index in [4.69, 9.17) is 0 Å². The van der Waals surface area contributed by atoms with E-state index in [9.17, 15) is 13.2 Å². The number of allylic oxidation sites excluding steroid dienone is 2.